The van der Waals surface area contributed by atoms with Crippen LogP contribution >= 0.6 is 0 Å². The van der Waals surface area contributed by atoms with Crippen LogP contribution in [0, 0.1) is 0 Å². The highest BCUT2D eigenvalue weighted by atomic mass is 16.8. The zero-order chi connectivity index (χ0) is 13.1. The van der Waals surface area contributed by atoms with Crippen LogP contribution in [0.25, 0.3) is 0 Å². The normalized spacial score (nSPS) is 48.8. The predicted octanol–water partition coefficient (Wildman–Crippen LogP) is 0.834. The van der Waals surface area contributed by atoms with Crippen molar-refractivity contribution in [2.24, 2.45) is 0 Å². The maximum absolute atomic E-state index is 9.46. The fourth-order valence-corrected chi connectivity index (χ4v) is 3.30. The number of ether oxygens (including phenoxy) is 4. The highest BCUT2D eigenvalue weighted by Gasteiger charge is 2.59. The summed E-state index contributed by atoms with van der Waals surface area (Å²) in [5.74, 6) is -0.642. The number of hydrogen-bond acceptors (Lipinski definition) is 5. The molecule has 5 heteroatoms. The van der Waals surface area contributed by atoms with E-state index in [0.717, 1.165) is 6.42 Å². The minimum Gasteiger partial charge on any atom is -0.394 e. The SMILES string of the molecule is CC1(C)C[C@H]2OC(CO)[C@@H]3OC(C)(C)O[C@@H]3C2O1. The second kappa shape index (κ2) is 3.90. The number of fused-ring (bicyclic) bond motifs is 3. The summed E-state index contributed by atoms with van der Waals surface area (Å²) in [7, 11) is 0. The molecule has 0 amide bonds. The van der Waals surface area contributed by atoms with Crippen LogP contribution in [0.4, 0.5) is 0 Å². The number of hydrogen-bond donors (Lipinski definition) is 1. The Morgan fingerprint density at radius 3 is 2.33 bits per heavy atom. The van der Waals surface area contributed by atoms with Gasteiger partial charge >= 0.3 is 0 Å². The first-order valence-corrected chi connectivity index (χ1v) is 6.61. The molecule has 0 aliphatic carbocycles. The molecule has 0 aromatic heterocycles. The fraction of sp³-hybridized carbons (Fsp3) is 1.00. The number of aliphatic hydroxyl groups excluding tert-OH is 1. The standard InChI is InChI=1S/C13H22O5/c1-12(2)5-7-9(16-12)11-10(8(6-14)15-7)17-13(3,4)18-11/h7-11,14H,5-6H2,1-4H3/t7-,8?,9?,10+,11-/m1/s1. The topological polar surface area (TPSA) is 57.2 Å². The number of rotatable bonds is 1. The summed E-state index contributed by atoms with van der Waals surface area (Å²) in [6, 6.07) is 0. The average molecular weight is 258 g/mol. The fourth-order valence-electron chi connectivity index (χ4n) is 3.30. The second-order valence-electron chi connectivity index (χ2n) is 6.51. The van der Waals surface area contributed by atoms with Crippen molar-refractivity contribution in [2.45, 2.75) is 76.0 Å². The van der Waals surface area contributed by atoms with Crippen LogP contribution in [0.1, 0.15) is 34.1 Å². The molecule has 0 saturated carbocycles. The lowest BCUT2D eigenvalue weighted by Gasteiger charge is -2.37. The van der Waals surface area contributed by atoms with Crippen LogP contribution in [0.2, 0.25) is 0 Å². The van der Waals surface area contributed by atoms with Crippen molar-refractivity contribution in [3.8, 4) is 0 Å². The van der Waals surface area contributed by atoms with Gasteiger partial charge in [-0.3, -0.25) is 0 Å². The molecule has 0 aromatic carbocycles. The summed E-state index contributed by atoms with van der Waals surface area (Å²) < 4.78 is 23.8. The molecule has 5 nitrogen and oxygen atoms in total. The van der Waals surface area contributed by atoms with Crippen LogP contribution in [0.15, 0.2) is 0 Å². The van der Waals surface area contributed by atoms with Gasteiger partial charge in [-0.15, -0.1) is 0 Å². The summed E-state index contributed by atoms with van der Waals surface area (Å²) in [5, 5.41) is 9.46. The zero-order valence-electron chi connectivity index (χ0n) is 11.4. The molecular formula is C13H22O5. The van der Waals surface area contributed by atoms with Gasteiger partial charge in [0.1, 0.15) is 24.4 Å². The Hall–Kier alpha value is -0.200. The molecule has 0 spiro atoms. The van der Waals surface area contributed by atoms with E-state index in [9.17, 15) is 5.11 Å². The molecule has 1 N–H and O–H groups in total. The van der Waals surface area contributed by atoms with Crippen LogP contribution < -0.4 is 0 Å². The number of aliphatic hydroxyl groups is 1. The summed E-state index contributed by atoms with van der Waals surface area (Å²) in [4.78, 5) is 0. The van der Waals surface area contributed by atoms with Crippen molar-refractivity contribution in [3.05, 3.63) is 0 Å². The maximum atomic E-state index is 9.46. The largest absolute Gasteiger partial charge is 0.394 e. The average Bonchev–Trinajstić information content (AvgIpc) is 2.71. The third-order valence-corrected chi connectivity index (χ3v) is 3.90. The first kappa shape index (κ1) is 12.8. The summed E-state index contributed by atoms with van der Waals surface area (Å²) in [6.07, 6.45) is -0.0277. The highest BCUT2D eigenvalue weighted by Crippen LogP contribution is 2.45. The summed E-state index contributed by atoms with van der Waals surface area (Å²) in [5.41, 5.74) is -0.208. The predicted molar refractivity (Wildman–Crippen MR) is 63.1 cm³/mol. The van der Waals surface area contributed by atoms with Crippen molar-refractivity contribution in [1.82, 2.24) is 0 Å². The van der Waals surface area contributed by atoms with Crippen molar-refractivity contribution < 1.29 is 24.1 Å². The second-order valence-corrected chi connectivity index (χ2v) is 6.51. The molecule has 3 rings (SSSR count). The lowest BCUT2D eigenvalue weighted by atomic mass is 9.93. The van der Waals surface area contributed by atoms with E-state index < -0.39 is 5.79 Å². The minimum absolute atomic E-state index is 0.0177. The van der Waals surface area contributed by atoms with Crippen LogP contribution in [0.3, 0.4) is 0 Å². The molecule has 3 heterocycles. The molecule has 18 heavy (non-hydrogen) atoms. The first-order valence-electron chi connectivity index (χ1n) is 6.61. The Bertz CT molecular complexity index is 340. The lowest BCUT2D eigenvalue weighted by molar-refractivity contribution is -0.187. The van der Waals surface area contributed by atoms with Crippen LogP contribution in [-0.4, -0.2) is 53.6 Å². The van der Waals surface area contributed by atoms with E-state index in [1.54, 1.807) is 0 Å². The Labute approximate surface area is 107 Å². The van der Waals surface area contributed by atoms with E-state index in [1.807, 2.05) is 13.8 Å². The molecule has 3 aliphatic heterocycles. The van der Waals surface area contributed by atoms with E-state index >= 15 is 0 Å². The summed E-state index contributed by atoms with van der Waals surface area (Å²) >= 11 is 0. The van der Waals surface area contributed by atoms with Crippen molar-refractivity contribution >= 4 is 0 Å². The Kier molecular flexibility index (Phi) is 2.78. The molecule has 5 atom stereocenters. The molecule has 0 radical (unpaired) electrons. The lowest BCUT2D eigenvalue weighted by Crippen LogP contribution is -2.55. The molecule has 3 saturated heterocycles. The molecular weight excluding hydrogens is 236 g/mol. The van der Waals surface area contributed by atoms with E-state index in [-0.39, 0.29) is 42.7 Å². The highest BCUT2D eigenvalue weighted by molar-refractivity contribution is 5.04. The first-order chi connectivity index (χ1) is 8.31. The van der Waals surface area contributed by atoms with Crippen molar-refractivity contribution in [2.75, 3.05) is 6.61 Å². The van der Waals surface area contributed by atoms with Crippen molar-refractivity contribution in [3.63, 3.8) is 0 Å². The van der Waals surface area contributed by atoms with Gasteiger partial charge in [0, 0.05) is 6.42 Å². The van der Waals surface area contributed by atoms with Gasteiger partial charge in [-0.25, -0.2) is 0 Å². The van der Waals surface area contributed by atoms with Gasteiger partial charge in [0.15, 0.2) is 5.79 Å². The van der Waals surface area contributed by atoms with Crippen LogP contribution in [-0.2, 0) is 18.9 Å². The maximum Gasteiger partial charge on any atom is 0.164 e. The van der Waals surface area contributed by atoms with E-state index in [4.69, 9.17) is 18.9 Å². The van der Waals surface area contributed by atoms with E-state index in [0.29, 0.717) is 0 Å². The van der Waals surface area contributed by atoms with Gasteiger partial charge in [-0.05, 0) is 27.7 Å². The molecule has 104 valence electrons. The Morgan fingerprint density at radius 1 is 1.00 bits per heavy atom. The zero-order valence-corrected chi connectivity index (χ0v) is 11.4. The molecule has 3 fully saturated rings. The molecule has 0 aromatic rings. The molecule has 0 bridgehead atoms. The van der Waals surface area contributed by atoms with Crippen LogP contribution in [0.5, 0.6) is 0 Å². The third-order valence-electron chi connectivity index (χ3n) is 3.90. The van der Waals surface area contributed by atoms with Gasteiger partial charge in [0.05, 0.1) is 18.3 Å². The molecule has 3 aliphatic rings. The van der Waals surface area contributed by atoms with Gasteiger partial charge in [-0.2, -0.15) is 0 Å². The van der Waals surface area contributed by atoms with Gasteiger partial charge in [0.2, 0.25) is 0 Å². The van der Waals surface area contributed by atoms with Gasteiger partial charge < -0.3 is 24.1 Å². The van der Waals surface area contributed by atoms with E-state index in [2.05, 4.69) is 13.8 Å². The van der Waals surface area contributed by atoms with Gasteiger partial charge in [-0.1, -0.05) is 0 Å². The molecule has 2 unspecified atom stereocenters. The quantitative estimate of drug-likeness (QED) is 0.755. The van der Waals surface area contributed by atoms with Crippen molar-refractivity contribution in [1.29, 1.82) is 0 Å². The minimum atomic E-state index is -0.642. The smallest absolute Gasteiger partial charge is 0.164 e. The Balaban J connectivity index is 1.86. The third kappa shape index (κ3) is 1.98. The Morgan fingerprint density at radius 2 is 1.67 bits per heavy atom. The summed E-state index contributed by atoms with van der Waals surface area (Å²) in [6.45, 7) is 7.82. The van der Waals surface area contributed by atoms with Gasteiger partial charge in [0.25, 0.3) is 0 Å². The van der Waals surface area contributed by atoms with E-state index in [1.165, 1.54) is 0 Å². The monoisotopic (exact) mass is 258 g/mol.